The zero-order valence-corrected chi connectivity index (χ0v) is 12.0. The number of nitro groups is 1. The Morgan fingerprint density at radius 2 is 2.19 bits per heavy atom. The first-order valence-corrected chi connectivity index (χ1v) is 7.08. The zero-order chi connectivity index (χ0) is 15.5. The van der Waals surface area contributed by atoms with Gasteiger partial charge in [0.2, 0.25) is 0 Å². The molecule has 2 rings (SSSR count). The van der Waals surface area contributed by atoms with E-state index in [0.717, 1.165) is 25.7 Å². The molecule has 0 atom stereocenters. The molecule has 112 valence electrons. The Bertz CT molecular complexity index is 572. The molecular weight excluding hydrogens is 270 g/mol. The van der Waals surface area contributed by atoms with Crippen LogP contribution in [0.1, 0.15) is 38.2 Å². The van der Waals surface area contributed by atoms with E-state index >= 15 is 0 Å². The molecule has 1 aromatic rings. The van der Waals surface area contributed by atoms with E-state index in [-0.39, 0.29) is 17.9 Å². The van der Waals surface area contributed by atoms with Gasteiger partial charge in [-0.05, 0) is 43.7 Å². The maximum absolute atomic E-state index is 11.2. The van der Waals surface area contributed by atoms with Gasteiger partial charge in [-0.2, -0.15) is 5.26 Å². The van der Waals surface area contributed by atoms with E-state index in [9.17, 15) is 15.2 Å². The molecule has 0 radical (unpaired) electrons. The maximum Gasteiger partial charge on any atom is 0.309 e. The zero-order valence-electron chi connectivity index (χ0n) is 12.0. The minimum atomic E-state index is -0.544. The molecule has 0 aliphatic heterocycles. The molecule has 6 nitrogen and oxygen atoms in total. The quantitative estimate of drug-likeness (QED) is 0.656. The minimum absolute atomic E-state index is 0.0299. The number of aliphatic hydroxyl groups is 1. The lowest BCUT2D eigenvalue weighted by Gasteiger charge is -2.39. The summed E-state index contributed by atoms with van der Waals surface area (Å²) >= 11 is 0. The Kier molecular flexibility index (Phi) is 4.43. The first kappa shape index (κ1) is 15.3. The second-order valence-corrected chi connectivity index (χ2v) is 5.82. The third-order valence-electron chi connectivity index (χ3n) is 4.27. The van der Waals surface area contributed by atoms with Gasteiger partial charge in [0.1, 0.15) is 17.3 Å². The predicted octanol–water partition coefficient (Wildman–Crippen LogP) is 2.82. The van der Waals surface area contributed by atoms with Gasteiger partial charge in [0, 0.05) is 0 Å². The fourth-order valence-corrected chi connectivity index (χ4v) is 2.85. The molecule has 0 unspecified atom stereocenters. The van der Waals surface area contributed by atoms with Crippen LogP contribution in [0.3, 0.4) is 0 Å². The van der Waals surface area contributed by atoms with Gasteiger partial charge in [-0.1, -0.05) is 13.0 Å². The van der Waals surface area contributed by atoms with Crippen molar-refractivity contribution in [2.75, 3.05) is 11.9 Å². The first-order chi connectivity index (χ1) is 10.0. The number of anilines is 1. The van der Waals surface area contributed by atoms with Crippen molar-refractivity contribution in [3.8, 4) is 6.07 Å². The van der Waals surface area contributed by atoms with Crippen molar-refractivity contribution in [2.24, 2.45) is 5.92 Å². The highest BCUT2D eigenvalue weighted by Crippen LogP contribution is 2.37. The summed E-state index contributed by atoms with van der Waals surface area (Å²) < 4.78 is 0. The van der Waals surface area contributed by atoms with Crippen LogP contribution in [0.25, 0.3) is 0 Å². The summed E-state index contributed by atoms with van der Waals surface area (Å²) in [5.74, 6) is 0.604. The smallest absolute Gasteiger partial charge is 0.309 e. The van der Waals surface area contributed by atoms with E-state index < -0.39 is 10.5 Å². The summed E-state index contributed by atoms with van der Waals surface area (Å²) in [6.45, 7) is 2.09. The second kappa shape index (κ2) is 6.10. The van der Waals surface area contributed by atoms with Crippen molar-refractivity contribution in [2.45, 2.75) is 38.1 Å². The summed E-state index contributed by atoms with van der Waals surface area (Å²) in [7, 11) is 0. The van der Waals surface area contributed by atoms with Crippen molar-refractivity contribution in [1.29, 1.82) is 5.26 Å². The monoisotopic (exact) mass is 289 g/mol. The van der Waals surface area contributed by atoms with Crippen molar-refractivity contribution in [3.05, 3.63) is 33.9 Å². The summed E-state index contributed by atoms with van der Waals surface area (Å²) in [4.78, 5) is 10.7. The molecule has 0 spiro atoms. The number of nitrogens with one attached hydrogen (secondary N) is 1. The highest BCUT2D eigenvalue weighted by molar-refractivity contribution is 5.69. The number of nitrogens with zero attached hydrogens (tertiary/aromatic N) is 2. The number of para-hydroxylation sites is 1. The molecule has 0 aromatic heterocycles. The van der Waals surface area contributed by atoms with Crippen LogP contribution in [0.5, 0.6) is 0 Å². The number of hydrogen-bond donors (Lipinski definition) is 2. The summed E-state index contributed by atoms with van der Waals surface area (Å²) in [5, 5.41) is 33.2. The highest BCUT2D eigenvalue weighted by Gasteiger charge is 2.35. The standard InChI is InChI=1S/C15H19N3O3/c1-11-5-7-15(10-19,8-6-11)17-13-4-2-3-12(9-16)14(13)18(20)21/h2-4,11,17,19H,5-8,10H2,1H3. The molecule has 1 aromatic carbocycles. The van der Waals surface area contributed by atoms with Crippen LogP contribution >= 0.6 is 0 Å². The van der Waals surface area contributed by atoms with Crippen LogP contribution in [0.15, 0.2) is 18.2 Å². The van der Waals surface area contributed by atoms with Gasteiger partial charge in [-0.15, -0.1) is 0 Å². The molecule has 1 aliphatic rings. The fourth-order valence-electron chi connectivity index (χ4n) is 2.85. The maximum atomic E-state index is 11.2. The van der Waals surface area contributed by atoms with Crippen LogP contribution < -0.4 is 5.32 Å². The molecule has 1 aliphatic carbocycles. The summed E-state index contributed by atoms with van der Waals surface area (Å²) in [6, 6.07) is 6.48. The molecule has 2 N–H and O–H groups in total. The van der Waals surface area contributed by atoms with Crippen molar-refractivity contribution < 1.29 is 10.0 Å². The highest BCUT2D eigenvalue weighted by atomic mass is 16.6. The van der Waals surface area contributed by atoms with Crippen LogP contribution in [-0.2, 0) is 0 Å². The van der Waals surface area contributed by atoms with Crippen molar-refractivity contribution in [1.82, 2.24) is 0 Å². The fraction of sp³-hybridized carbons (Fsp3) is 0.533. The average molecular weight is 289 g/mol. The van der Waals surface area contributed by atoms with Gasteiger partial charge in [-0.25, -0.2) is 0 Å². The molecule has 0 heterocycles. The Morgan fingerprint density at radius 1 is 1.52 bits per heavy atom. The van der Waals surface area contributed by atoms with E-state index in [4.69, 9.17) is 5.26 Å². The Labute approximate surface area is 123 Å². The van der Waals surface area contributed by atoms with Gasteiger partial charge in [0.25, 0.3) is 0 Å². The van der Waals surface area contributed by atoms with E-state index in [1.54, 1.807) is 12.1 Å². The van der Waals surface area contributed by atoms with E-state index in [0.29, 0.717) is 11.6 Å². The van der Waals surface area contributed by atoms with Gasteiger partial charge >= 0.3 is 5.69 Å². The van der Waals surface area contributed by atoms with Crippen LogP contribution in [-0.4, -0.2) is 22.2 Å². The van der Waals surface area contributed by atoms with Gasteiger partial charge < -0.3 is 10.4 Å². The number of rotatable bonds is 4. The Hall–Kier alpha value is -2.13. The van der Waals surface area contributed by atoms with Crippen LogP contribution in [0.2, 0.25) is 0 Å². The van der Waals surface area contributed by atoms with E-state index in [1.807, 2.05) is 6.07 Å². The lowest BCUT2D eigenvalue weighted by atomic mass is 9.77. The van der Waals surface area contributed by atoms with Gasteiger partial charge in [0.15, 0.2) is 0 Å². The summed E-state index contributed by atoms with van der Waals surface area (Å²) in [5.41, 5.74) is -0.415. The SMILES string of the molecule is CC1CCC(CO)(Nc2cccc(C#N)c2[N+](=O)[O-])CC1. The molecule has 21 heavy (non-hydrogen) atoms. The largest absolute Gasteiger partial charge is 0.394 e. The average Bonchev–Trinajstić information content (AvgIpc) is 2.49. The van der Waals surface area contributed by atoms with Crippen molar-refractivity contribution >= 4 is 11.4 Å². The third kappa shape index (κ3) is 3.14. The molecule has 1 fully saturated rings. The van der Waals surface area contributed by atoms with Crippen molar-refractivity contribution in [3.63, 3.8) is 0 Å². The predicted molar refractivity (Wildman–Crippen MR) is 78.9 cm³/mol. The topological polar surface area (TPSA) is 99.2 Å². The second-order valence-electron chi connectivity index (χ2n) is 5.82. The summed E-state index contributed by atoms with van der Waals surface area (Å²) in [6.07, 6.45) is 3.47. The Morgan fingerprint density at radius 3 is 2.71 bits per heavy atom. The molecule has 0 saturated heterocycles. The Balaban J connectivity index is 2.34. The molecular formula is C15H19N3O3. The number of nitro benzene ring substituents is 1. The van der Waals surface area contributed by atoms with Crippen LogP contribution in [0, 0.1) is 27.4 Å². The van der Waals surface area contributed by atoms with Crippen LogP contribution in [0.4, 0.5) is 11.4 Å². The van der Waals surface area contributed by atoms with Gasteiger partial charge in [0.05, 0.1) is 17.1 Å². The van der Waals surface area contributed by atoms with E-state index in [1.165, 1.54) is 6.07 Å². The molecule has 6 heteroatoms. The van der Waals surface area contributed by atoms with Gasteiger partial charge in [-0.3, -0.25) is 10.1 Å². The molecule has 0 amide bonds. The first-order valence-electron chi connectivity index (χ1n) is 7.08. The normalized spacial score (nSPS) is 25.1. The molecule has 1 saturated carbocycles. The lowest BCUT2D eigenvalue weighted by Crippen LogP contribution is -2.45. The minimum Gasteiger partial charge on any atom is -0.394 e. The number of nitriles is 1. The lowest BCUT2D eigenvalue weighted by molar-refractivity contribution is -0.384. The third-order valence-corrected chi connectivity index (χ3v) is 4.27. The molecule has 0 bridgehead atoms. The number of hydrogen-bond acceptors (Lipinski definition) is 5. The van der Waals surface area contributed by atoms with E-state index in [2.05, 4.69) is 12.2 Å². The number of benzene rings is 1. The number of aliphatic hydroxyl groups excluding tert-OH is 1.